The molecule has 2 aromatic carbocycles. The summed E-state index contributed by atoms with van der Waals surface area (Å²) in [7, 11) is 0. The van der Waals surface area contributed by atoms with Crippen LogP contribution >= 0.6 is 23.4 Å². The maximum atomic E-state index is 13.0. The lowest BCUT2D eigenvalue weighted by Crippen LogP contribution is -2.43. The molecule has 0 aliphatic carbocycles. The number of amides is 1. The van der Waals surface area contributed by atoms with Gasteiger partial charge in [0, 0.05) is 29.4 Å². The molecule has 0 N–H and O–H groups in total. The molecule has 0 spiro atoms. The third-order valence-corrected chi connectivity index (χ3v) is 6.82. The Bertz CT molecular complexity index is 1090. The minimum Gasteiger partial charge on any atom is -0.494 e. The van der Waals surface area contributed by atoms with Crippen LogP contribution in [0.3, 0.4) is 0 Å². The van der Waals surface area contributed by atoms with E-state index >= 15 is 0 Å². The molecule has 33 heavy (non-hydrogen) atoms. The summed E-state index contributed by atoms with van der Waals surface area (Å²) in [6.07, 6.45) is 1.17. The van der Waals surface area contributed by atoms with Crippen molar-refractivity contribution in [2.45, 2.75) is 32.3 Å². The van der Waals surface area contributed by atoms with E-state index in [-0.39, 0.29) is 5.91 Å². The first kappa shape index (κ1) is 23.6. The van der Waals surface area contributed by atoms with Crippen LogP contribution in [0.5, 0.6) is 5.75 Å². The average Bonchev–Trinajstić information content (AvgIpc) is 3.21. The molecule has 3 aromatic rings. The minimum atomic E-state index is 0.143. The normalized spacial score (nSPS) is 18.4. The second kappa shape index (κ2) is 10.6. The van der Waals surface area contributed by atoms with Crippen LogP contribution in [-0.2, 0) is 4.79 Å². The van der Waals surface area contributed by atoms with Gasteiger partial charge in [-0.25, -0.2) is 0 Å². The standard InChI is InChI=1S/C25H29ClN4O2S/c1-4-32-22-10-8-21(9-11-22)30-24(19-6-5-7-20(26)13-19)27-28-25(30)33-16-23(31)29-14-17(2)12-18(3)15-29/h5-11,13,17-18H,4,12,14-16H2,1-3H3/t17-,18+. The molecular weight excluding hydrogens is 456 g/mol. The van der Waals surface area contributed by atoms with Gasteiger partial charge in [0.1, 0.15) is 5.75 Å². The molecule has 8 heteroatoms. The molecule has 2 atom stereocenters. The lowest BCUT2D eigenvalue weighted by molar-refractivity contribution is -0.130. The Hall–Kier alpha value is -2.51. The number of nitrogens with zero attached hydrogens (tertiary/aromatic N) is 4. The van der Waals surface area contributed by atoms with Crippen molar-refractivity contribution >= 4 is 29.3 Å². The number of hydrogen-bond donors (Lipinski definition) is 0. The molecule has 0 saturated carbocycles. The fourth-order valence-corrected chi connectivity index (χ4v) is 5.40. The van der Waals surface area contributed by atoms with E-state index in [4.69, 9.17) is 16.3 Å². The van der Waals surface area contributed by atoms with Gasteiger partial charge in [-0.2, -0.15) is 0 Å². The minimum absolute atomic E-state index is 0.143. The number of likely N-dealkylation sites (tertiary alicyclic amines) is 1. The van der Waals surface area contributed by atoms with Crippen molar-refractivity contribution in [1.29, 1.82) is 0 Å². The molecule has 174 valence electrons. The van der Waals surface area contributed by atoms with Gasteiger partial charge >= 0.3 is 0 Å². The van der Waals surface area contributed by atoms with Crippen LogP contribution in [0, 0.1) is 11.8 Å². The zero-order chi connectivity index (χ0) is 23.4. The first-order valence-electron chi connectivity index (χ1n) is 11.3. The van der Waals surface area contributed by atoms with E-state index in [0.29, 0.717) is 40.2 Å². The van der Waals surface area contributed by atoms with Crippen molar-refractivity contribution in [3.63, 3.8) is 0 Å². The van der Waals surface area contributed by atoms with Gasteiger partial charge in [0.25, 0.3) is 0 Å². The van der Waals surface area contributed by atoms with Crippen molar-refractivity contribution in [1.82, 2.24) is 19.7 Å². The van der Waals surface area contributed by atoms with E-state index in [1.807, 2.05) is 64.9 Å². The van der Waals surface area contributed by atoms with Gasteiger partial charge in [0.2, 0.25) is 5.91 Å². The summed E-state index contributed by atoms with van der Waals surface area (Å²) in [6.45, 7) is 8.63. The molecule has 1 amide bonds. The molecule has 1 aliphatic heterocycles. The SMILES string of the molecule is CCOc1ccc(-n2c(SCC(=O)N3C[C@H](C)C[C@H](C)C3)nnc2-c2cccc(Cl)c2)cc1. The Balaban J connectivity index is 1.61. The van der Waals surface area contributed by atoms with E-state index < -0.39 is 0 Å². The lowest BCUT2D eigenvalue weighted by atomic mass is 9.92. The fraction of sp³-hybridized carbons (Fsp3) is 0.400. The van der Waals surface area contributed by atoms with Crippen LogP contribution in [0.2, 0.25) is 5.02 Å². The highest BCUT2D eigenvalue weighted by Gasteiger charge is 2.26. The number of halogens is 1. The zero-order valence-electron chi connectivity index (χ0n) is 19.2. The van der Waals surface area contributed by atoms with E-state index in [9.17, 15) is 4.79 Å². The van der Waals surface area contributed by atoms with E-state index in [0.717, 1.165) is 30.1 Å². The molecule has 1 aromatic heterocycles. The molecule has 4 rings (SSSR count). The second-order valence-corrected chi connectivity index (χ2v) is 9.99. The molecule has 2 heterocycles. The summed E-state index contributed by atoms with van der Waals surface area (Å²) in [6, 6.07) is 15.4. The number of rotatable bonds is 7. The van der Waals surface area contributed by atoms with Crippen molar-refractivity contribution in [3.8, 4) is 22.8 Å². The Morgan fingerprint density at radius 3 is 2.52 bits per heavy atom. The predicted molar refractivity (Wildman–Crippen MR) is 133 cm³/mol. The highest BCUT2D eigenvalue weighted by atomic mass is 35.5. The van der Waals surface area contributed by atoms with Crippen molar-refractivity contribution in [2.75, 3.05) is 25.4 Å². The maximum absolute atomic E-state index is 13.0. The smallest absolute Gasteiger partial charge is 0.233 e. The van der Waals surface area contributed by atoms with Crippen molar-refractivity contribution in [2.24, 2.45) is 11.8 Å². The Morgan fingerprint density at radius 2 is 1.85 bits per heavy atom. The summed E-state index contributed by atoms with van der Waals surface area (Å²) in [5.41, 5.74) is 1.76. The molecule has 0 bridgehead atoms. The van der Waals surface area contributed by atoms with Gasteiger partial charge in [0.05, 0.1) is 12.4 Å². The molecule has 1 aliphatic rings. The van der Waals surface area contributed by atoms with Gasteiger partial charge < -0.3 is 9.64 Å². The molecule has 1 saturated heterocycles. The Morgan fingerprint density at radius 1 is 1.12 bits per heavy atom. The van der Waals surface area contributed by atoms with Crippen LogP contribution in [0.15, 0.2) is 53.7 Å². The first-order valence-corrected chi connectivity index (χ1v) is 12.7. The Labute approximate surface area is 204 Å². The lowest BCUT2D eigenvalue weighted by Gasteiger charge is -2.34. The summed E-state index contributed by atoms with van der Waals surface area (Å²) in [5, 5.41) is 10.2. The monoisotopic (exact) mass is 484 g/mol. The van der Waals surface area contributed by atoms with Crippen LogP contribution in [0.4, 0.5) is 0 Å². The number of piperidine rings is 1. The summed E-state index contributed by atoms with van der Waals surface area (Å²) >= 11 is 7.65. The quantitative estimate of drug-likeness (QED) is 0.409. The molecule has 6 nitrogen and oxygen atoms in total. The zero-order valence-corrected chi connectivity index (χ0v) is 20.8. The summed E-state index contributed by atoms with van der Waals surface area (Å²) in [4.78, 5) is 14.9. The Kier molecular flexibility index (Phi) is 7.60. The predicted octanol–water partition coefficient (Wildman–Crippen LogP) is 5.58. The average molecular weight is 485 g/mol. The first-order chi connectivity index (χ1) is 15.9. The number of carbonyl (C=O) groups is 1. The van der Waals surface area contributed by atoms with Gasteiger partial charge in [0.15, 0.2) is 11.0 Å². The maximum Gasteiger partial charge on any atom is 0.233 e. The number of hydrogen-bond acceptors (Lipinski definition) is 5. The molecule has 1 fully saturated rings. The number of thioether (sulfide) groups is 1. The highest BCUT2D eigenvalue weighted by molar-refractivity contribution is 7.99. The van der Waals surface area contributed by atoms with Gasteiger partial charge in [-0.05, 0) is 61.6 Å². The fourth-order valence-electron chi connectivity index (χ4n) is 4.35. The van der Waals surface area contributed by atoms with Crippen molar-refractivity contribution < 1.29 is 9.53 Å². The third-order valence-electron chi connectivity index (χ3n) is 5.67. The van der Waals surface area contributed by atoms with E-state index in [2.05, 4.69) is 24.0 Å². The van der Waals surface area contributed by atoms with Crippen LogP contribution in [-0.4, -0.2) is 51.0 Å². The molecular formula is C25H29ClN4O2S. The molecule has 0 unspecified atom stereocenters. The molecule has 0 radical (unpaired) electrons. The topological polar surface area (TPSA) is 60.2 Å². The van der Waals surface area contributed by atoms with Gasteiger partial charge in [-0.3, -0.25) is 9.36 Å². The third kappa shape index (κ3) is 5.71. The number of benzene rings is 2. The van der Waals surface area contributed by atoms with Gasteiger partial charge in [-0.1, -0.05) is 49.3 Å². The van der Waals surface area contributed by atoms with Crippen LogP contribution in [0.25, 0.3) is 17.1 Å². The second-order valence-electron chi connectivity index (χ2n) is 8.61. The largest absolute Gasteiger partial charge is 0.494 e. The number of ether oxygens (including phenoxy) is 1. The van der Waals surface area contributed by atoms with E-state index in [1.54, 1.807) is 0 Å². The highest BCUT2D eigenvalue weighted by Crippen LogP contribution is 2.30. The number of carbonyl (C=O) groups excluding carboxylic acids is 1. The van der Waals surface area contributed by atoms with Gasteiger partial charge in [-0.15, -0.1) is 10.2 Å². The van der Waals surface area contributed by atoms with Crippen LogP contribution in [0.1, 0.15) is 27.2 Å². The summed E-state index contributed by atoms with van der Waals surface area (Å²) in [5.74, 6) is 3.01. The number of aromatic nitrogens is 3. The summed E-state index contributed by atoms with van der Waals surface area (Å²) < 4.78 is 7.56. The van der Waals surface area contributed by atoms with E-state index in [1.165, 1.54) is 18.2 Å². The van der Waals surface area contributed by atoms with Crippen LogP contribution < -0.4 is 4.74 Å². The van der Waals surface area contributed by atoms with Crippen molar-refractivity contribution in [3.05, 3.63) is 53.6 Å².